The third-order valence-corrected chi connectivity index (χ3v) is 3.32. The summed E-state index contributed by atoms with van der Waals surface area (Å²) >= 11 is 0. The summed E-state index contributed by atoms with van der Waals surface area (Å²) in [6.45, 7) is 4.77. The van der Waals surface area contributed by atoms with Crippen LogP contribution >= 0.6 is 0 Å². The maximum Gasteiger partial charge on any atom is 0.0671 e. The van der Waals surface area contributed by atoms with Gasteiger partial charge < -0.3 is 5.73 Å². The van der Waals surface area contributed by atoms with E-state index in [0.717, 1.165) is 23.6 Å². The molecule has 0 bridgehead atoms. The van der Waals surface area contributed by atoms with E-state index in [2.05, 4.69) is 21.9 Å². The molecule has 2 atom stereocenters. The zero-order valence-electron chi connectivity index (χ0n) is 12.3. The first-order chi connectivity index (χ1) is 9.58. The highest BCUT2D eigenvalue weighted by molar-refractivity contribution is 5.13. The largest absolute Gasteiger partial charge is 0.326 e. The van der Waals surface area contributed by atoms with E-state index in [1.54, 1.807) is 0 Å². The molecule has 2 aromatic rings. The van der Waals surface area contributed by atoms with Gasteiger partial charge in [0.05, 0.1) is 17.4 Å². The van der Waals surface area contributed by atoms with Crippen LogP contribution in [-0.2, 0) is 6.54 Å². The van der Waals surface area contributed by atoms with Crippen LogP contribution in [0.4, 0.5) is 0 Å². The number of rotatable bonds is 5. The second-order valence-electron chi connectivity index (χ2n) is 5.24. The summed E-state index contributed by atoms with van der Waals surface area (Å²) < 4.78 is 0. The maximum atomic E-state index is 6.15. The van der Waals surface area contributed by atoms with Gasteiger partial charge in [-0.05, 0) is 45.2 Å². The molecule has 4 nitrogen and oxygen atoms in total. The van der Waals surface area contributed by atoms with Gasteiger partial charge in [0.15, 0.2) is 0 Å². The number of nitrogens with two attached hydrogens (primary N) is 1. The van der Waals surface area contributed by atoms with E-state index in [9.17, 15) is 0 Å². The van der Waals surface area contributed by atoms with Crippen molar-refractivity contribution in [2.45, 2.75) is 32.5 Å². The lowest BCUT2D eigenvalue weighted by Crippen LogP contribution is -2.37. The Bertz CT molecular complexity index is 539. The molecular formula is C16H22N4. The molecule has 0 radical (unpaired) electrons. The van der Waals surface area contributed by atoms with Crippen LogP contribution in [0.2, 0.25) is 0 Å². The smallest absolute Gasteiger partial charge is 0.0671 e. The van der Waals surface area contributed by atoms with Crippen molar-refractivity contribution in [3.8, 4) is 0 Å². The zero-order chi connectivity index (χ0) is 14.5. The molecule has 0 amide bonds. The number of pyridine rings is 2. The topological polar surface area (TPSA) is 55.0 Å². The van der Waals surface area contributed by atoms with E-state index < -0.39 is 0 Å². The predicted octanol–water partition coefficient (Wildman–Crippen LogP) is 2.31. The Morgan fingerprint density at radius 2 is 2.00 bits per heavy atom. The van der Waals surface area contributed by atoms with E-state index in [4.69, 9.17) is 5.73 Å². The van der Waals surface area contributed by atoms with Crippen molar-refractivity contribution in [2.24, 2.45) is 5.73 Å². The Morgan fingerprint density at radius 3 is 2.60 bits per heavy atom. The summed E-state index contributed by atoms with van der Waals surface area (Å²) in [5.74, 6) is 0. The van der Waals surface area contributed by atoms with Gasteiger partial charge in [-0.15, -0.1) is 0 Å². The lowest BCUT2D eigenvalue weighted by Gasteiger charge is -2.30. The van der Waals surface area contributed by atoms with E-state index in [0.29, 0.717) is 0 Å². The molecule has 0 saturated heterocycles. The molecule has 106 valence electrons. The Kier molecular flexibility index (Phi) is 4.82. The van der Waals surface area contributed by atoms with Gasteiger partial charge in [-0.2, -0.15) is 0 Å². The second kappa shape index (κ2) is 6.59. The molecular weight excluding hydrogens is 248 g/mol. The predicted molar refractivity (Wildman–Crippen MR) is 81.1 cm³/mol. The Morgan fingerprint density at radius 1 is 1.20 bits per heavy atom. The summed E-state index contributed by atoms with van der Waals surface area (Å²) in [6.07, 6.45) is 1.81. The molecule has 0 spiro atoms. The maximum absolute atomic E-state index is 6.15. The van der Waals surface area contributed by atoms with Gasteiger partial charge in [-0.1, -0.05) is 12.1 Å². The van der Waals surface area contributed by atoms with Crippen molar-refractivity contribution in [1.82, 2.24) is 14.9 Å². The number of nitrogens with zero attached hydrogens (tertiary/aromatic N) is 3. The molecule has 2 heterocycles. The van der Waals surface area contributed by atoms with E-state index in [1.807, 2.05) is 56.4 Å². The fourth-order valence-electron chi connectivity index (χ4n) is 2.49. The van der Waals surface area contributed by atoms with Crippen molar-refractivity contribution in [1.29, 1.82) is 0 Å². The summed E-state index contributed by atoms with van der Waals surface area (Å²) in [6, 6.07) is 12.1. The molecule has 0 aliphatic carbocycles. The Labute approximate surface area is 120 Å². The molecule has 4 heteroatoms. The Balaban J connectivity index is 2.18. The number of likely N-dealkylation sites (N-methyl/N-ethyl adjacent to an activating group) is 1. The second-order valence-corrected chi connectivity index (χ2v) is 5.24. The normalized spacial score (nSPS) is 14.2. The first kappa shape index (κ1) is 14.6. The van der Waals surface area contributed by atoms with Crippen molar-refractivity contribution < 1.29 is 0 Å². The summed E-state index contributed by atoms with van der Waals surface area (Å²) in [7, 11) is 2.06. The zero-order valence-corrected chi connectivity index (χ0v) is 12.3. The monoisotopic (exact) mass is 270 g/mol. The Hall–Kier alpha value is -1.78. The van der Waals surface area contributed by atoms with E-state index >= 15 is 0 Å². The minimum absolute atomic E-state index is 0.000269. The number of hydrogen-bond acceptors (Lipinski definition) is 4. The van der Waals surface area contributed by atoms with Crippen LogP contribution in [0.1, 0.15) is 30.0 Å². The van der Waals surface area contributed by atoms with Gasteiger partial charge in [0.25, 0.3) is 0 Å². The van der Waals surface area contributed by atoms with Crippen LogP contribution in [0.5, 0.6) is 0 Å². The molecule has 2 rings (SSSR count). The molecule has 0 aliphatic rings. The van der Waals surface area contributed by atoms with Crippen molar-refractivity contribution in [3.05, 3.63) is 59.7 Å². The molecule has 0 aromatic carbocycles. The summed E-state index contributed by atoms with van der Waals surface area (Å²) in [5.41, 5.74) is 9.23. The standard InChI is InChI=1S/C16H22N4/c1-12-7-6-8-14(19-12)11-20(3)16(13(2)17)15-9-4-5-10-18-15/h4-10,13,16H,11,17H2,1-3H3. The highest BCUT2D eigenvalue weighted by atomic mass is 15.2. The lowest BCUT2D eigenvalue weighted by atomic mass is 10.0. The minimum Gasteiger partial charge on any atom is -0.326 e. The van der Waals surface area contributed by atoms with E-state index in [-0.39, 0.29) is 12.1 Å². The van der Waals surface area contributed by atoms with Crippen molar-refractivity contribution >= 4 is 0 Å². The highest BCUT2D eigenvalue weighted by Gasteiger charge is 2.22. The third-order valence-electron chi connectivity index (χ3n) is 3.32. The third kappa shape index (κ3) is 3.62. The molecule has 0 fully saturated rings. The van der Waals surface area contributed by atoms with Crippen LogP contribution in [0.25, 0.3) is 0 Å². The van der Waals surface area contributed by atoms with Crippen LogP contribution in [0, 0.1) is 6.92 Å². The lowest BCUT2D eigenvalue weighted by molar-refractivity contribution is 0.204. The quantitative estimate of drug-likeness (QED) is 0.906. The highest BCUT2D eigenvalue weighted by Crippen LogP contribution is 2.21. The molecule has 2 aromatic heterocycles. The molecule has 0 saturated carbocycles. The fraction of sp³-hybridized carbons (Fsp3) is 0.375. The molecule has 0 aliphatic heterocycles. The number of aromatic nitrogens is 2. The number of aryl methyl sites for hydroxylation is 1. The molecule has 2 unspecified atom stereocenters. The van der Waals surface area contributed by atoms with Gasteiger partial charge in [-0.25, -0.2) is 0 Å². The molecule has 20 heavy (non-hydrogen) atoms. The van der Waals surface area contributed by atoms with Gasteiger partial charge in [-0.3, -0.25) is 14.9 Å². The summed E-state index contributed by atoms with van der Waals surface area (Å²) in [5, 5.41) is 0. The van der Waals surface area contributed by atoms with Crippen molar-refractivity contribution in [3.63, 3.8) is 0 Å². The van der Waals surface area contributed by atoms with Crippen LogP contribution in [0.15, 0.2) is 42.6 Å². The van der Waals surface area contributed by atoms with Crippen LogP contribution < -0.4 is 5.73 Å². The average Bonchev–Trinajstić information content (AvgIpc) is 2.39. The van der Waals surface area contributed by atoms with E-state index in [1.165, 1.54) is 0 Å². The van der Waals surface area contributed by atoms with Gasteiger partial charge in [0.2, 0.25) is 0 Å². The summed E-state index contributed by atoms with van der Waals surface area (Å²) in [4.78, 5) is 11.2. The SMILES string of the molecule is Cc1cccc(CN(C)C(c2ccccn2)C(C)N)n1. The van der Waals surface area contributed by atoms with Gasteiger partial charge >= 0.3 is 0 Å². The first-order valence-corrected chi connectivity index (χ1v) is 6.87. The number of hydrogen-bond donors (Lipinski definition) is 1. The van der Waals surface area contributed by atoms with Crippen LogP contribution in [-0.4, -0.2) is 28.0 Å². The molecule has 2 N–H and O–H groups in total. The average molecular weight is 270 g/mol. The first-order valence-electron chi connectivity index (χ1n) is 6.87. The van der Waals surface area contributed by atoms with Crippen molar-refractivity contribution in [2.75, 3.05) is 7.05 Å². The van der Waals surface area contributed by atoms with Crippen LogP contribution in [0.3, 0.4) is 0 Å². The van der Waals surface area contributed by atoms with Gasteiger partial charge in [0.1, 0.15) is 0 Å². The fourth-order valence-corrected chi connectivity index (χ4v) is 2.49. The van der Waals surface area contributed by atoms with Gasteiger partial charge in [0, 0.05) is 24.5 Å². The minimum atomic E-state index is -0.000269.